The number of hydrogen-bond acceptors (Lipinski definition) is 7. The van der Waals surface area contributed by atoms with Crippen molar-refractivity contribution in [1.82, 2.24) is 9.55 Å². The van der Waals surface area contributed by atoms with E-state index >= 15 is 0 Å². The van der Waals surface area contributed by atoms with Gasteiger partial charge in [-0.15, -0.1) is 11.3 Å². The molecule has 0 amide bonds. The molecule has 1 aliphatic carbocycles. The van der Waals surface area contributed by atoms with Crippen LogP contribution in [0.4, 0.5) is 0 Å². The molecule has 0 N–H and O–H groups in total. The van der Waals surface area contributed by atoms with Gasteiger partial charge in [-0.1, -0.05) is 18.7 Å². The maximum atomic E-state index is 13.9. The highest BCUT2D eigenvalue weighted by molar-refractivity contribution is 9.10. The zero-order chi connectivity index (χ0) is 25.4. The van der Waals surface area contributed by atoms with E-state index in [0.717, 1.165) is 29.7 Å². The summed E-state index contributed by atoms with van der Waals surface area (Å²) in [6.45, 7) is 2.25. The molecule has 0 fully saturated rings. The lowest BCUT2D eigenvalue weighted by Gasteiger charge is -2.18. The molecule has 0 aliphatic heterocycles. The number of thioether (sulfide) groups is 1. The molecule has 2 aromatic heterocycles. The SMILES string of the molecule is COc1ccc(-n2c(SCC(=O)c3ccc(OC)c(Br)c3)nc3sc4c(c3c2=O)CCC(C)C4)cc1. The number of halogens is 1. The second-order valence-corrected chi connectivity index (χ2v) is 11.7. The number of hydrogen-bond donors (Lipinski definition) is 0. The van der Waals surface area contributed by atoms with Crippen LogP contribution in [0.1, 0.15) is 34.1 Å². The highest BCUT2D eigenvalue weighted by atomic mass is 79.9. The molecule has 1 aliphatic rings. The second kappa shape index (κ2) is 10.4. The van der Waals surface area contributed by atoms with Crippen molar-refractivity contribution in [1.29, 1.82) is 0 Å². The summed E-state index contributed by atoms with van der Waals surface area (Å²) in [5.41, 5.74) is 2.32. The van der Waals surface area contributed by atoms with Crippen LogP contribution in [0, 0.1) is 5.92 Å². The summed E-state index contributed by atoms with van der Waals surface area (Å²) in [5, 5.41) is 1.22. The van der Waals surface area contributed by atoms with Gasteiger partial charge in [0, 0.05) is 10.4 Å². The first kappa shape index (κ1) is 25.0. The van der Waals surface area contributed by atoms with Crippen molar-refractivity contribution in [3.8, 4) is 17.2 Å². The molecule has 0 bridgehead atoms. The Bertz CT molecular complexity index is 1510. The molecule has 0 saturated heterocycles. The first-order valence-corrected chi connectivity index (χ1v) is 14.2. The quantitative estimate of drug-likeness (QED) is 0.144. The molecule has 0 spiro atoms. The number of Topliss-reactive ketones (excluding diaryl/α,β-unsaturated/α-hetero) is 1. The lowest BCUT2D eigenvalue weighted by molar-refractivity contribution is 0.102. The fraction of sp³-hybridized carbons (Fsp3) is 0.296. The molecule has 1 atom stereocenters. The van der Waals surface area contributed by atoms with Crippen LogP contribution in [-0.4, -0.2) is 35.3 Å². The number of ketones is 1. The van der Waals surface area contributed by atoms with Gasteiger partial charge in [-0.05, 0) is 89.1 Å². The highest BCUT2D eigenvalue weighted by Gasteiger charge is 2.25. The summed E-state index contributed by atoms with van der Waals surface area (Å²) >= 11 is 6.34. The van der Waals surface area contributed by atoms with Gasteiger partial charge in [0.25, 0.3) is 5.56 Å². The molecule has 1 unspecified atom stereocenters. The molecule has 2 aromatic carbocycles. The van der Waals surface area contributed by atoms with Gasteiger partial charge in [-0.25, -0.2) is 4.98 Å². The van der Waals surface area contributed by atoms with E-state index in [1.807, 2.05) is 24.3 Å². The molecule has 2 heterocycles. The van der Waals surface area contributed by atoms with E-state index < -0.39 is 0 Å². The monoisotopic (exact) mass is 584 g/mol. The first-order valence-electron chi connectivity index (χ1n) is 11.6. The predicted octanol–water partition coefficient (Wildman–Crippen LogP) is 6.33. The summed E-state index contributed by atoms with van der Waals surface area (Å²) in [7, 11) is 3.19. The van der Waals surface area contributed by atoms with Crippen LogP contribution in [-0.2, 0) is 12.8 Å². The Labute approximate surface area is 225 Å². The number of ether oxygens (including phenoxy) is 2. The van der Waals surface area contributed by atoms with Crippen LogP contribution >= 0.6 is 39.0 Å². The van der Waals surface area contributed by atoms with E-state index in [1.165, 1.54) is 16.6 Å². The summed E-state index contributed by atoms with van der Waals surface area (Å²) in [5.74, 6) is 2.06. The van der Waals surface area contributed by atoms with Gasteiger partial charge in [0.1, 0.15) is 16.3 Å². The van der Waals surface area contributed by atoms with Gasteiger partial charge in [-0.2, -0.15) is 0 Å². The maximum Gasteiger partial charge on any atom is 0.267 e. The minimum Gasteiger partial charge on any atom is -0.497 e. The summed E-state index contributed by atoms with van der Waals surface area (Å²) in [6, 6.07) is 12.6. The minimum absolute atomic E-state index is 0.0571. The van der Waals surface area contributed by atoms with Crippen molar-refractivity contribution >= 4 is 55.0 Å². The number of benzene rings is 2. The smallest absolute Gasteiger partial charge is 0.267 e. The Hall–Kier alpha value is -2.62. The maximum absolute atomic E-state index is 13.9. The number of carbonyl (C=O) groups is 1. The number of rotatable bonds is 7. The van der Waals surface area contributed by atoms with Crippen molar-refractivity contribution in [2.45, 2.75) is 31.3 Å². The average Bonchev–Trinajstić information content (AvgIpc) is 3.25. The van der Waals surface area contributed by atoms with Crippen LogP contribution in [0.5, 0.6) is 11.5 Å². The first-order chi connectivity index (χ1) is 17.4. The Morgan fingerprint density at radius 2 is 1.97 bits per heavy atom. The van der Waals surface area contributed by atoms with Crippen molar-refractivity contribution in [3.63, 3.8) is 0 Å². The molecule has 9 heteroatoms. The van der Waals surface area contributed by atoms with E-state index in [9.17, 15) is 9.59 Å². The van der Waals surface area contributed by atoms with Gasteiger partial charge in [0.05, 0.1) is 35.5 Å². The minimum atomic E-state index is -0.0839. The largest absolute Gasteiger partial charge is 0.497 e. The summed E-state index contributed by atoms with van der Waals surface area (Å²) < 4.78 is 12.9. The molecular weight excluding hydrogens is 560 g/mol. The van der Waals surface area contributed by atoms with Gasteiger partial charge >= 0.3 is 0 Å². The number of fused-ring (bicyclic) bond motifs is 3. The Morgan fingerprint density at radius 3 is 2.67 bits per heavy atom. The fourth-order valence-electron chi connectivity index (χ4n) is 4.48. The van der Waals surface area contributed by atoms with Gasteiger partial charge in [-0.3, -0.25) is 14.2 Å². The third-order valence-electron chi connectivity index (χ3n) is 6.44. The van der Waals surface area contributed by atoms with Gasteiger partial charge < -0.3 is 9.47 Å². The molecular formula is C27H25BrN2O4S2. The van der Waals surface area contributed by atoms with E-state index in [2.05, 4.69) is 22.9 Å². The third-order valence-corrected chi connectivity index (χ3v) is 9.14. The topological polar surface area (TPSA) is 70.4 Å². The number of aromatic nitrogens is 2. The van der Waals surface area contributed by atoms with E-state index in [1.54, 1.807) is 48.3 Å². The fourth-order valence-corrected chi connectivity index (χ4v) is 7.35. The molecule has 0 radical (unpaired) electrons. The van der Waals surface area contributed by atoms with Crippen LogP contribution in [0.3, 0.4) is 0 Å². The van der Waals surface area contributed by atoms with Crippen molar-refractivity contribution < 1.29 is 14.3 Å². The average molecular weight is 586 g/mol. The van der Waals surface area contributed by atoms with Crippen molar-refractivity contribution in [2.75, 3.05) is 20.0 Å². The number of aryl methyl sites for hydroxylation is 1. The molecule has 4 aromatic rings. The molecule has 0 saturated carbocycles. The van der Waals surface area contributed by atoms with Crippen LogP contribution in [0.2, 0.25) is 0 Å². The molecule has 5 rings (SSSR count). The molecule has 36 heavy (non-hydrogen) atoms. The number of carbonyl (C=O) groups excluding carboxylic acids is 1. The van der Waals surface area contributed by atoms with Crippen molar-refractivity contribution in [2.24, 2.45) is 5.92 Å². The zero-order valence-electron chi connectivity index (χ0n) is 20.2. The number of methoxy groups -OCH3 is 2. The van der Waals surface area contributed by atoms with E-state index in [-0.39, 0.29) is 17.1 Å². The number of thiophene rings is 1. The van der Waals surface area contributed by atoms with Crippen LogP contribution < -0.4 is 15.0 Å². The molecule has 6 nitrogen and oxygen atoms in total. The van der Waals surface area contributed by atoms with Crippen LogP contribution in [0.25, 0.3) is 15.9 Å². The zero-order valence-corrected chi connectivity index (χ0v) is 23.4. The van der Waals surface area contributed by atoms with Crippen LogP contribution in [0.15, 0.2) is 56.9 Å². The predicted molar refractivity (Wildman–Crippen MR) is 149 cm³/mol. The lowest BCUT2D eigenvalue weighted by atomic mass is 9.89. The Morgan fingerprint density at radius 1 is 1.19 bits per heavy atom. The summed E-state index contributed by atoms with van der Waals surface area (Å²) in [6.07, 6.45) is 2.95. The Kier molecular flexibility index (Phi) is 7.23. The lowest BCUT2D eigenvalue weighted by Crippen LogP contribution is -2.23. The van der Waals surface area contributed by atoms with E-state index in [4.69, 9.17) is 14.5 Å². The van der Waals surface area contributed by atoms with Gasteiger partial charge in [0.2, 0.25) is 0 Å². The Balaban J connectivity index is 1.56. The second-order valence-electron chi connectivity index (χ2n) is 8.83. The number of nitrogens with zero attached hydrogens (tertiary/aromatic N) is 2. The van der Waals surface area contributed by atoms with Gasteiger partial charge in [0.15, 0.2) is 10.9 Å². The third kappa shape index (κ3) is 4.71. The molecule has 186 valence electrons. The highest BCUT2D eigenvalue weighted by Crippen LogP contribution is 2.37. The normalized spacial score (nSPS) is 15.1. The van der Waals surface area contributed by atoms with Crippen molar-refractivity contribution in [3.05, 3.63) is 73.3 Å². The summed E-state index contributed by atoms with van der Waals surface area (Å²) in [4.78, 5) is 33.9. The standard InChI is InChI=1S/C27H25BrN2O4S2/c1-15-4-10-19-23(12-15)36-25-24(19)26(32)30(17-6-8-18(33-2)9-7-17)27(29-25)35-14-21(31)16-5-11-22(34-3)20(28)13-16/h5-9,11,13,15H,4,10,12,14H2,1-3H3. The van der Waals surface area contributed by atoms with E-state index in [0.29, 0.717) is 43.7 Å².